The van der Waals surface area contributed by atoms with Gasteiger partial charge in [-0.05, 0) is 80.9 Å². The molecule has 1 aliphatic carbocycles. The van der Waals surface area contributed by atoms with Crippen LogP contribution in [0.1, 0.15) is 31.2 Å². The van der Waals surface area contributed by atoms with Gasteiger partial charge in [0.1, 0.15) is 0 Å². The molecule has 4 rings (SSSR count). The molecule has 2 fully saturated rings. The number of likely N-dealkylation sites (N-methyl/N-ethyl adjacent to an activating group) is 1. The summed E-state index contributed by atoms with van der Waals surface area (Å²) in [7, 11) is 5.34. The first-order chi connectivity index (χ1) is 16.6. The lowest BCUT2D eigenvalue weighted by Crippen LogP contribution is -2.52. The number of halogens is 3. The van der Waals surface area contributed by atoms with E-state index >= 15 is 0 Å². The highest BCUT2D eigenvalue weighted by Gasteiger charge is 2.50. The van der Waals surface area contributed by atoms with E-state index in [-0.39, 0.29) is 39.8 Å². The van der Waals surface area contributed by atoms with Crippen LogP contribution < -0.4 is 20.1 Å². The van der Waals surface area contributed by atoms with Crippen molar-refractivity contribution in [2.24, 2.45) is 0 Å². The van der Waals surface area contributed by atoms with Crippen molar-refractivity contribution in [1.82, 2.24) is 10.2 Å². The Balaban J connectivity index is 1.46. The van der Waals surface area contributed by atoms with Gasteiger partial charge >= 0.3 is 11.5 Å². The van der Waals surface area contributed by atoms with E-state index < -0.39 is 11.5 Å². The van der Waals surface area contributed by atoms with Crippen molar-refractivity contribution in [3.63, 3.8) is 0 Å². The second-order valence-electron chi connectivity index (χ2n) is 9.09. The lowest BCUT2D eigenvalue weighted by Gasteiger charge is -2.45. The second kappa shape index (κ2) is 10.2. The standard InChI is InChI=1S/C25H30F3N3O3S/c1-31-13-12-24(16-8-9-19(33-2)20(14-16)34-3)11-10-17(15-22(24)31)29-23(32)30-18-6-4-5-7-21(18)35-25(26,27)28/h4-9,14,17,22H,10-13,15H2,1-3H3,(H2,29,30,32)/t17-,22+,24+/m1/s1. The molecule has 0 bridgehead atoms. The number of likely N-dealkylation sites (tertiary alicyclic amines) is 1. The number of anilines is 1. The van der Waals surface area contributed by atoms with Crippen molar-refractivity contribution in [3.8, 4) is 11.5 Å². The molecule has 2 aromatic carbocycles. The van der Waals surface area contributed by atoms with Gasteiger partial charge in [-0.1, -0.05) is 18.2 Å². The van der Waals surface area contributed by atoms with Gasteiger partial charge in [0, 0.05) is 22.4 Å². The number of ether oxygens (including phenoxy) is 2. The molecule has 0 unspecified atom stereocenters. The number of urea groups is 1. The smallest absolute Gasteiger partial charge is 0.446 e. The molecule has 2 N–H and O–H groups in total. The molecular weight excluding hydrogens is 479 g/mol. The third-order valence-electron chi connectivity index (χ3n) is 7.18. The zero-order valence-electron chi connectivity index (χ0n) is 19.9. The van der Waals surface area contributed by atoms with Crippen LogP contribution >= 0.6 is 11.8 Å². The molecule has 0 radical (unpaired) electrons. The highest BCUT2D eigenvalue weighted by molar-refractivity contribution is 8.00. The molecule has 1 saturated carbocycles. The Kier molecular flexibility index (Phi) is 7.42. The lowest BCUT2D eigenvalue weighted by atomic mass is 9.65. The van der Waals surface area contributed by atoms with Crippen molar-refractivity contribution in [1.29, 1.82) is 0 Å². The summed E-state index contributed by atoms with van der Waals surface area (Å²) in [5, 5.41) is 5.59. The molecule has 1 heterocycles. The number of benzene rings is 2. The molecule has 1 aliphatic heterocycles. The first-order valence-electron chi connectivity index (χ1n) is 11.5. The Morgan fingerprint density at radius 2 is 1.86 bits per heavy atom. The molecule has 1 saturated heterocycles. The van der Waals surface area contributed by atoms with Gasteiger partial charge in [-0.3, -0.25) is 0 Å². The monoisotopic (exact) mass is 509 g/mol. The number of carbonyl (C=O) groups is 1. The number of hydrogen-bond donors (Lipinski definition) is 2. The van der Waals surface area contributed by atoms with E-state index in [9.17, 15) is 18.0 Å². The molecule has 10 heteroatoms. The number of thioether (sulfide) groups is 1. The van der Waals surface area contributed by atoms with Crippen molar-refractivity contribution in [2.75, 3.05) is 33.1 Å². The van der Waals surface area contributed by atoms with Gasteiger partial charge in [-0.15, -0.1) is 0 Å². The maximum atomic E-state index is 12.9. The minimum Gasteiger partial charge on any atom is -0.493 e. The van der Waals surface area contributed by atoms with Crippen LogP contribution in [0.5, 0.6) is 11.5 Å². The minimum absolute atomic E-state index is 0.0400. The van der Waals surface area contributed by atoms with Gasteiger partial charge < -0.3 is 25.0 Å². The van der Waals surface area contributed by atoms with Gasteiger partial charge in [-0.25, -0.2) is 4.79 Å². The fourth-order valence-electron chi connectivity index (χ4n) is 5.52. The summed E-state index contributed by atoms with van der Waals surface area (Å²) >= 11 is -0.237. The predicted molar refractivity (Wildman–Crippen MR) is 130 cm³/mol. The van der Waals surface area contributed by atoms with Crippen molar-refractivity contribution in [2.45, 2.75) is 53.6 Å². The zero-order chi connectivity index (χ0) is 25.2. The third-order valence-corrected chi connectivity index (χ3v) is 7.99. The van der Waals surface area contributed by atoms with E-state index in [0.29, 0.717) is 11.5 Å². The Labute approximate surface area is 207 Å². The van der Waals surface area contributed by atoms with Crippen molar-refractivity contribution >= 4 is 23.5 Å². The summed E-state index contributed by atoms with van der Waals surface area (Å²) in [5.41, 5.74) is -3.15. The van der Waals surface area contributed by atoms with Gasteiger partial charge in [-0.2, -0.15) is 13.2 Å². The van der Waals surface area contributed by atoms with Crippen molar-refractivity contribution < 1.29 is 27.4 Å². The van der Waals surface area contributed by atoms with Crippen LogP contribution in [0.3, 0.4) is 0 Å². The number of amides is 2. The number of carbonyl (C=O) groups excluding carboxylic acids is 1. The van der Waals surface area contributed by atoms with Crippen LogP contribution in [-0.4, -0.2) is 56.3 Å². The van der Waals surface area contributed by atoms with Crippen LogP contribution in [0, 0.1) is 0 Å². The Bertz CT molecular complexity index is 1070. The SMILES string of the molecule is COc1ccc([C@@]23CC[C@@H](NC(=O)Nc4ccccc4SC(F)(F)F)C[C@@H]2N(C)CC3)cc1OC. The maximum absolute atomic E-state index is 12.9. The van der Waals surface area contributed by atoms with Crippen molar-refractivity contribution in [3.05, 3.63) is 48.0 Å². The second-order valence-corrected chi connectivity index (χ2v) is 10.2. The molecule has 190 valence electrons. The summed E-state index contributed by atoms with van der Waals surface area (Å²) in [6, 6.07) is 11.7. The molecule has 2 aliphatic rings. The largest absolute Gasteiger partial charge is 0.493 e. The first kappa shape index (κ1) is 25.5. The summed E-state index contributed by atoms with van der Waals surface area (Å²) in [6.45, 7) is 0.944. The number of hydrogen-bond acceptors (Lipinski definition) is 5. The molecule has 0 aromatic heterocycles. The molecule has 2 amide bonds. The number of nitrogens with one attached hydrogen (secondary N) is 2. The summed E-state index contributed by atoms with van der Waals surface area (Å²) in [6.07, 6.45) is 3.40. The van der Waals surface area contributed by atoms with Gasteiger partial charge in [0.2, 0.25) is 0 Å². The van der Waals surface area contributed by atoms with E-state index in [1.54, 1.807) is 20.3 Å². The van der Waals surface area contributed by atoms with E-state index in [1.807, 2.05) is 6.07 Å². The number of methoxy groups -OCH3 is 2. The maximum Gasteiger partial charge on any atom is 0.446 e. The number of alkyl halides is 3. The van der Waals surface area contributed by atoms with Crippen LogP contribution in [0.2, 0.25) is 0 Å². The fourth-order valence-corrected chi connectivity index (χ4v) is 6.15. The number of para-hydroxylation sites is 1. The Morgan fingerprint density at radius 1 is 1.11 bits per heavy atom. The predicted octanol–water partition coefficient (Wildman–Crippen LogP) is 5.63. The summed E-state index contributed by atoms with van der Waals surface area (Å²) in [4.78, 5) is 15.0. The van der Waals surface area contributed by atoms with Crippen LogP contribution in [0.25, 0.3) is 0 Å². The molecule has 2 aromatic rings. The molecule has 3 atom stereocenters. The van der Waals surface area contributed by atoms with Crippen LogP contribution in [0.4, 0.5) is 23.7 Å². The number of nitrogens with zero attached hydrogens (tertiary/aromatic N) is 1. The van der Waals surface area contributed by atoms with E-state index in [0.717, 1.165) is 32.2 Å². The average Bonchev–Trinajstić information content (AvgIpc) is 3.16. The van der Waals surface area contributed by atoms with E-state index in [4.69, 9.17) is 9.47 Å². The zero-order valence-corrected chi connectivity index (χ0v) is 20.8. The number of fused-ring (bicyclic) bond motifs is 1. The molecule has 0 spiro atoms. The lowest BCUT2D eigenvalue weighted by molar-refractivity contribution is -0.0328. The highest BCUT2D eigenvalue weighted by atomic mass is 32.2. The highest BCUT2D eigenvalue weighted by Crippen LogP contribution is 2.50. The quantitative estimate of drug-likeness (QED) is 0.494. The minimum atomic E-state index is -4.43. The Morgan fingerprint density at radius 3 is 2.57 bits per heavy atom. The van der Waals surface area contributed by atoms with Crippen LogP contribution in [0.15, 0.2) is 47.4 Å². The fraction of sp³-hybridized carbons (Fsp3) is 0.480. The normalized spacial score (nSPS) is 24.5. The van der Waals surface area contributed by atoms with E-state index in [1.165, 1.54) is 23.8 Å². The van der Waals surface area contributed by atoms with Gasteiger partial charge in [0.25, 0.3) is 0 Å². The van der Waals surface area contributed by atoms with E-state index in [2.05, 4.69) is 34.7 Å². The molecule has 35 heavy (non-hydrogen) atoms. The topological polar surface area (TPSA) is 62.8 Å². The Hall–Kier alpha value is -2.59. The average molecular weight is 510 g/mol. The van der Waals surface area contributed by atoms with Gasteiger partial charge in [0.05, 0.1) is 19.9 Å². The molecular formula is C25H30F3N3O3S. The summed E-state index contributed by atoms with van der Waals surface area (Å²) < 4.78 is 49.6. The summed E-state index contributed by atoms with van der Waals surface area (Å²) in [5.74, 6) is 1.38. The molecule has 6 nitrogen and oxygen atoms in total. The number of rotatable bonds is 6. The van der Waals surface area contributed by atoms with Gasteiger partial charge in [0.15, 0.2) is 11.5 Å². The van der Waals surface area contributed by atoms with Crippen LogP contribution in [-0.2, 0) is 5.41 Å². The first-order valence-corrected chi connectivity index (χ1v) is 12.3. The third kappa shape index (κ3) is 5.48.